The molecule has 0 bridgehead atoms. The van der Waals surface area contributed by atoms with E-state index in [4.69, 9.17) is 9.47 Å². The number of fused-ring (bicyclic) bond motifs is 1. The second kappa shape index (κ2) is 9.28. The van der Waals surface area contributed by atoms with Crippen molar-refractivity contribution in [2.45, 2.75) is 49.5 Å². The Labute approximate surface area is 200 Å². The fraction of sp³-hybridized carbons (Fsp3) is 0.640. The Morgan fingerprint density at radius 3 is 2.41 bits per heavy atom. The van der Waals surface area contributed by atoms with E-state index < -0.39 is 17.7 Å². The molecule has 9 nitrogen and oxygen atoms in total. The Kier molecular flexibility index (Phi) is 6.35. The molecule has 5 rings (SSSR count). The molecule has 1 saturated carbocycles. The number of ketones is 1. The largest absolute Gasteiger partial charge is 0.377 e. The number of anilines is 1. The van der Waals surface area contributed by atoms with Gasteiger partial charge in [-0.3, -0.25) is 14.4 Å². The molecule has 9 heteroatoms. The van der Waals surface area contributed by atoms with Crippen molar-refractivity contribution in [2.75, 3.05) is 58.4 Å². The van der Waals surface area contributed by atoms with Crippen molar-refractivity contribution < 1.29 is 23.9 Å². The van der Waals surface area contributed by atoms with Gasteiger partial charge in [0.15, 0.2) is 5.78 Å². The normalized spacial score (nSPS) is 28.9. The number of nitrogens with zero attached hydrogens (tertiary/aromatic N) is 3. The maximum atomic E-state index is 13.8. The molecule has 4 aliphatic rings. The van der Waals surface area contributed by atoms with E-state index in [9.17, 15) is 14.4 Å². The summed E-state index contributed by atoms with van der Waals surface area (Å²) in [6, 6.07) is 6.99. The minimum atomic E-state index is -0.997. The highest BCUT2D eigenvalue weighted by molar-refractivity contribution is 6.01. The van der Waals surface area contributed by atoms with Gasteiger partial charge in [-0.05, 0) is 44.2 Å². The average Bonchev–Trinajstić information content (AvgIpc) is 3.57. The Morgan fingerprint density at radius 2 is 1.76 bits per heavy atom. The first-order valence-electron chi connectivity index (χ1n) is 12.3. The third-order valence-corrected chi connectivity index (χ3v) is 7.92. The SMILES string of the molecule is CO[C@@H]1CN(C(=O)C2(NC(=O)c3ccc(N4CCN(C)CC4)cc3)CCCC2)[C@@H]2C(=O)CO[C@@H]21. The maximum absolute atomic E-state index is 13.8. The lowest BCUT2D eigenvalue weighted by atomic mass is 9.93. The van der Waals surface area contributed by atoms with Crippen molar-refractivity contribution in [1.29, 1.82) is 0 Å². The molecule has 3 heterocycles. The summed E-state index contributed by atoms with van der Waals surface area (Å²) in [6.07, 6.45) is 2.08. The first-order chi connectivity index (χ1) is 16.4. The van der Waals surface area contributed by atoms with E-state index in [1.807, 2.05) is 24.3 Å². The van der Waals surface area contributed by atoms with Gasteiger partial charge < -0.3 is 29.5 Å². The monoisotopic (exact) mass is 470 g/mol. The van der Waals surface area contributed by atoms with Crippen molar-refractivity contribution in [3.8, 4) is 0 Å². The van der Waals surface area contributed by atoms with Crippen LogP contribution in [0, 0.1) is 0 Å². The van der Waals surface area contributed by atoms with Gasteiger partial charge in [-0.1, -0.05) is 12.8 Å². The zero-order chi connectivity index (χ0) is 23.9. The third-order valence-electron chi connectivity index (χ3n) is 7.92. The summed E-state index contributed by atoms with van der Waals surface area (Å²) >= 11 is 0. The molecule has 0 radical (unpaired) electrons. The van der Waals surface area contributed by atoms with Crippen LogP contribution in [0.4, 0.5) is 5.69 Å². The standard InChI is InChI=1S/C25H34N4O5/c1-27-11-13-28(14-12-27)18-7-5-17(6-8-18)23(31)26-25(9-3-4-10-25)24(32)29-15-20(33-2)22-21(29)19(30)16-34-22/h5-8,20-22H,3-4,9-16H2,1-2H3,(H,26,31)/t20-,21-,22-/m1/s1. The van der Waals surface area contributed by atoms with Gasteiger partial charge in [0.1, 0.15) is 30.4 Å². The zero-order valence-corrected chi connectivity index (χ0v) is 20.0. The molecule has 2 amide bonds. The van der Waals surface area contributed by atoms with Gasteiger partial charge in [0.2, 0.25) is 5.91 Å². The fourth-order valence-electron chi connectivity index (χ4n) is 5.85. The van der Waals surface area contributed by atoms with E-state index in [-0.39, 0.29) is 30.3 Å². The lowest BCUT2D eigenvalue weighted by Gasteiger charge is -2.35. The smallest absolute Gasteiger partial charge is 0.252 e. The minimum Gasteiger partial charge on any atom is -0.377 e. The van der Waals surface area contributed by atoms with E-state index in [1.54, 1.807) is 12.0 Å². The number of ether oxygens (including phenoxy) is 2. The van der Waals surface area contributed by atoms with Gasteiger partial charge in [-0.2, -0.15) is 0 Å². The van der Waals surface area contributed by atoms with Gasteiger partial charge in [0.05, 0.1) is 6.54 Å². The highest BCUT2D eigenvalue weighted by Gasteiger charge is 2.56. The summed E-state index contributed by atoms with van der Waals surface area (Å²) in [6.45, 7) is 4.25. The number of piperazine rings is 1. The third kappa shape index (κ3) is 4.10. The number of rotatable bonds is 5. The minimum absolute atomic E-state index is 0.00200. The number of hydrogen-bond acceptors (Lipinski definition) is 7. The Hall–Kier alpha value is -2.49. The zero-order valence-electron chi connectivity index (χ0n) is 20.0. The number of methoxy groups -OCH3 is 1. The number of amides is 2. The molecule has 184 valence electrons. The number of carbonyl (C=O) groups is 3. The Balaban J connectivity index is 1.31. The lowest BCUT2D eigenvalue weighted by Crippen LogP contribution is -2.60. The topological polar surface area (TPSA) is 91.4 Å². The van der Waals surface area contributed by atoms with E-state index in [0.29, 0.717) is 24.9 Å². The van der Waals surface area contributed by atoms with Crippen molar-refractivity contribution in [3.05, 3.63) is 29.8 Å². The first kappa shape index (κ1) is 23.3. The van der Waals surface area contributed by atoms with Crippen LogP contribution in [0.1, 0.15) is 36.0 Å². The van der Waals surface area contributed by atoms with Crippen molar-refractivity contribution in [3.63, 3.8) is 0 Å². The maximum Gasteiger partial charge on any atom is 0.252 e. The summed E-state index contributed by atoms with van der Waals surface area (Å²) in [7, 11) is 3.69. The summed E-state index contributed by atoms with van der Waals surface area (Å²) in [5.41, 5.74) is 0.638. The van der Waals surface area contributed by atoms with E-state index in [1.165, 1.54) is 0 Å². The molecule has 3 saturated heterocycles. The van der Waals surface area contributed by atoms with Gasteiger partial charge >= 0.3 is 0 Å². The highest BCUT2D eigenvalue weighted by atomic mass is 16.5. The molecule has 0 spiro atoms. The number of carbonyl (C=O) groups excluding carboxylic acids is 3. The summed E-state index contributed by atoms with van der Waals surface area (Å²) in [5, 5.41) is 3.07. The predicted octanol–water partition coefficient (Wildman–Crippen LogP) is 0.675. The van der Waals surface area contributed by atoms with Crippen LogP contribution >= 0.6 is 0 Å². The molecular weight excluding hydrogens is 436 g/mol. The number of benzene rings is 1. The molecule has 1 aromatic rings. The Morgan fingerprint density at radius 1 is 1.09 bits per heavy atom. The van der Waals surface area contributed by atoms with E-state index >= 15 is 0 Å². The second-order valence-corrected chi connectivity index (χ2v) is 10.00. The first-order valence-corrected chi connectivity index (χ1v) is 12.3. The second-order valence-electron chi connectivity index (χ2n) is 10.00. The lowest BCUT2D eigenvalue weighted by molar-refractivity contribution is -0.142. The van der Waals surface area contributed by atoms with Crippen LogP contribution in [-0.2, 0) is 19.1 Å². The van der Waals surface area contributed by atoms with Crippen molar-refractivity contribution >= 4 is 23.3 Å². The quantitative estimate of drug-likeness (QED) is 0.677. The van der Waals surface area contributed by atoms with Crippen molar-refractivity contribution in [2.24, 2.45) is 0 Å². The van der Waals surface area contributed by atoms with Gasteiger partial charge in [-0.15, -0.1) is 0 Å². The van der Waals surface area contributed by atoms with Gasteiger partial charge in [0, 0.05) is 44.5 Å². The van der Waals surface area contributed by atoms with Crippen LogP contribution in [0.2, 0.25) is 0 Å². The van der Waals surface area contributed by atoms with Crippen LogP contribution in [0.25, 0.3) is 0 Å². The summed E-state index contributed by atoms with van der Waals surface area (Å²) in [5.74, 6) is -0.550. The van der Waals surface area contributed by atoms with Crippen LogP contribution < -0.4 is 10.2 Å². The molecule has 3 aliphatic heterocycles. The van der Waals surface area contributed by atoms with Crippen LogP contribution in [0.15, 0.2) is 24.3 Å². The van der Waals surface area contributed by atoms with Gasteiger partial charge in [0.25, 0.3) is 5.91 Å². The summed E-state index contributed by atoms with van der Waals surface area (Å²) < 4.78 is 11.1. The van der Waals surface area contributed by atoms with Crippen molar-refractivity contribution in [1.82, 2.24) is 15.1 Å². The fourth-order valence-corrected chi connectivity index (χ4v) is 5.85. The molecule has 3 atom stereocenters. The molecule has 1 N–H and O–H groups in total. The molecule has 4 fully saturated rings. The molecule has 1 aliphatic carbocycles. The average molecular weight is 471 g/mol. The summed E-state index contributed by atoms with van der Waals surface area (Å²) in [4.78, 5) is 45.8. The van der Waals surface area contributed by atoms with Crippen LogP contribution in [0.3, 0.4) is 0 Å². The number of hydrogen-bond donors (Lipinski definition) is 1. The number of likely N-dealkylation sites (tertiary alicyclic amines) is 1. The highest BCUT2D eigenvalue weighted by Crippen LogP contribution is 2.37. The van der Waals surface area contributed by atoms with Crippen LogP contribution in [0.5, 0.6) is 0 Å². The number of Topliss-reactive ketones (excluding diaryl/α,β-unsaturated/α-hetero) is 1. The molecule has 0 aromatic heterocycles. The number of likely N-dealkylation sites (N-methyl/N-ethyl adjacent to an activating group) is 1. The van der Waals surface area contributed by atoms with E-state index in [0.717, 1.165) is 44.7 Å². The molecular formula is C25H34N4O5. The predicted molar refractivity (Wildman–Crippen MR) is 126 cm³/mol. The molecule has 0 unspecified atom stereocenters. The van der Waals surface area contributed by atoms with E-state index in [2.05, 4.69) is 22.2 Å². The Bertz CT molecular complexity index is 937. The molecule has 34 heavy (non-hydrogen) atoms. The van der Waals surface area contributed by atoms with Gasteiger partial charge in [-0.25, -0.2) is 0 Å². The molecule has 1 aromatic carbocycles. The van der Waals surface area contributed by atoms with Crippen LogP contribution in [-0.4, -0.2) is 105 Å². The number of nitrogens with one attached hydrogen (secondary N) is 1.